The fraction of sp³-hybridized carbons (Fsp3) is 0.417. The summed E-state index contributed by atoms with van der Waals surface area (Å²) in [5.41, 5.74) is 3.35. The smallest absolute Gasteiger partial charge is 0.235 e. The summed E-state index contributed by atoms with van der Waals surface area (Å²) in [5.74, 6) is 0.190. The average Bonchev–Trinajstić information content (AvgIpc) is 3.15. The number of para-hydroxylation sites is 2. The number of imidazole rings is 1. The number of carbonyl (C=O) groups excluding carboxylic acids is 1. The minimum Gasteiger partial charge on any atom is -0.383 e. The second-order valence-corrected chi connectivity index (χ2v) is 9.18. The van der Waals surface area contributed by atoms with Gasteiger partial charge < -0.3 is 14.2 Å². The molecule has 0 N–H and O–H groups in total. The van der Waals surface area contributed by atoms with Gasteiger partial charge in [0.1, 0.15) is 0 Å². The highest BCUT2D eigenvalue weighted by atomic mass is 32.2. The van der Waals surface area contributed by atoms with E-state index in [-0.39, 0.29) is 11.2 Å². The third kappa shape index (κ3) is 5.29. The van der Waals surface area contributed by atoms with Gasteiger partial charge in [-0.1, -0.05) is 54.2 Å². The zero-order valence-electron chi connectivity index (χ0n) is 18.2. The van der Waals surface area contributed by atoms with Crippen LogP contribution in [0.3, 0.4) is 0 Å². The Balaban J connectivity index is 1.37. The van der Waals surface area contributed by atoms with Crippen LogP contribution in [0, 0.1) is 0 Å². The summed E-state index contributed by atoms with van der Waals surface area (Å²) in [6, 6.07) is 18.6. The molecule has 2 heterocycles. The Bertz CT molecular complexity index is 999. The number of nitrogens with zero attached hydrogens (tertiary/aromatic N) is 4. The second-order valence-electron chi connectivity index (χ2n) is 7.87. The highest BCUT2D eigenvalue weighted by molar-refractivity contribution is 8.00. The normalized spacial score (nSPS) is 16.0. The lowest BCUT2D eigenvalue weighted by atomic mass is 10.2. The van der Waals surface area contributed by atoms with Crippen LogP contribution in [-0.2, 0) is 22.6 Å². The van der Waals surface area contributed by atoms with Crippen LogP contribution in [0.5, 0.6) is 0 Å². The van der Waals surface area contributed by atoms with Gasteiger partial charge >= 0.3 is 0 Å². The van der Waals surface area contributed by atoms with Crippen LogP contribution in [0.25, 0.3) is 11.0 Å². The molecule has 4 rings (SSSR count). The summed E-state index contributed by atoms with van der Waals surface area (Å²) in [4.78, 5) is 22.3. The minimum absolute atomic E-state index is 0.182. The van der Waals surface area contributed by atoms with E-state index in [1.807, 2.05) is 36.1 Å². The number of thioether (sulfide) groups is 1. The Morgan fingerprint density at radius 3 is 2.52 bits per heavy atom. The Labute approximate surface area is 188 Å². The van der Waals surface area contributed by atoms with E-state index in [1.165, 1.54) is 5.56 Å². The van der Waals surface area contributed by atoms with Crippen molar-refractivity contribution in [1.82, 2.24) is 19.4 Å². The highest BCUT2D eigenvalue weighted by Crippen LogP contribution is 2.28. The first kappa shape index (κ1) is 21.9. The van der Waals surface area contributed by atoms with Crippen molar-refractivity contribution in [3.63, 3.8) is 0 Å². The molecule has 1 amide bonds. The summed E-state index contributed by atoms with van der Waals surface area (Å²) in [7, 11) is 1.70. The summed E-state index contributed by atoms with van der Waals surface area (Å²) in [6.07, 6.45) is 0. The molecule has 2 aromatic carbocycles. The van der Waals surface area contributed by atoms with E-state index in [2.05, 4.69) is 39.8 Å². The van der Waals surface area contributed by atoms with Crippen LogP contribution in [0.4, 0.5) is 0 Å². The van der Waals surface area contributed by atoms with Gasteiger partial charge in [-0.25, -0.2) is 4.98 Å². The Morgan fingerprint density at radius 1 is 1.06 bits per heavy atom. The quantitative estimate of drug-likeness (QED) is 0.504. The van der Waals surface area contributed by atoms with Gasteiger partial charge in [0.05, 0.1) is 22.9 Å². The van der Waals surface area contributed by atoms with Crippen molar-refractivity contribution in [3.05, 3.63) is 60.2 Å². The van der Waals surface area contributed by atoms with Crippen molar-refractivity contribution in [2.75, 3.05) is 39.9 Å². The van der Waals surface area contributed by atoms with Gasteiger partial charge in [0.15, 0.2) is 5.16 Å². The van der Waals surface area contributed by atoms with E-state index in [1.54, 1.807) is 18.9 Å². The molecule has 1 aromatic heterocycles. The lowest BCUT2D eigenvalue weighted by molar-refractivity contribution is -0.132. The van der Waals surface area contributed by atoms with E-state index in [0.717, 1.165) is 55.5 Å². The Morgan fingerprint density at radius 2 is 1.77 bits per heavy atom. The number of aromatic nitrogens is 2. The molecule has 0 unspecified atom stereocenters. The first-order valence-corrected chi connectivity index (χ1v) is 11.7. The molecular formula is C24H30N4O2S. The largest absolute Gasteiger partial charge is 0.383 e. The van der Waals surface area contributed by atoms with Gasteiger partial charge in [-0.15, -0.1) is 0 Å². The summed E-state index contributed by atoms with van der Waals surface area (Å²) in [6.45, 7) is 7.63. The zero-order chi connectivity index (χ0) is 21.6. The molecule has 0 spiro atoms. The maximum atomic E-state index is 13.1. The topological polar surface area (TPSA) is 50.6 Å². The third-order valence-corrected chi connectivity index (χ3v) is 6.78. The molecule has 0 radical (unpaired) electrons. The van der Waals surface area contributed by atoms with E-state index in [9.17, 15) is 4.79 Å². The van der Waals surface area contributed by atoms with Gasteiger partial charge in [0.2, 0.25) is 5.91 Å². The standard InChI is InChI=1S/C24H30N4O2S/c1-19(31-24-25-21-10-6-7-11-22(21)28(24)16-17-30-2)23(29)27-14-12-26(13-15-27)18-20-8-4-3-5-9-20/h3-11,19H,12-18H2,1-2H3/t19-/m1/s1. The monoisotopic (exact) mass is 438 g/mol. The molecule has 1 aliphatic rings. The van der Waals surface area contributed by atoms with Crippen LogP contribution >= 0.6 is 11.8 Å². The van der Waals surface area contributed by atoms with E-state index >= 15 is 0 Å². The number of carbonyl (C=O) groups is 1. The van der Waals surface area contributed by atoms with Crippen LogP contribution in [0.15, 0.2) is 59.8 Å². The molecule has 1 fully saturated rings. The Kier molecular flexibility index (Phi) is 7.27. The van der Waals surface area contributed by atoms with Crippen LogP contribution in [0.1, 0.15) is 12.5 Å². The fourth-order valence-electron chi connectivity index (χ4n) is 3.98. The molecule has 0 bridgehead atoms. The molecule has 7 heteroatoms. The lowest BCUT2D eigenvalue weighted by Gasteiger charge is -2.35. The second kappa shape index (κ2) is 10.3. The van der Waals surface area contributed by atoms with Crippen molar-refractivity contribution in [2.24, 2.45) is 0 Å². The SMILES string of the molecule is COCCn1c(S[C@H](C)C(=O)N2CCN(Cc3ccccc3)CC2)nc2ccccc21. The number of hydrogen-bond acceptors (Lipinski definition) is 5. The number of methoxy groups -OCH3 is 1. The summed E-state index contributed by atoms with van der Waals surface area (Å²) < 4.78 is 7.44. The van der Waals surface area contributed by atoms with E-state index in [0.29, 0.717) is 6.61 Å². The molecule has 31 heavy (non-hydrogen) atoms. The summed E-state index contributed by atoms with van der Waals surface area (Å²) >= 11 is 1.54. The van der Waals surface area contributed by atoms with Crippen LogP contribution < -0.4 is 0 Å². The van der Waals surface area contributed by atoms with Gasteiger partial charge in [0, 0.05) is 46.4 Å². The van der Waals surface area contributed by atoms with Gasteiger partial charge in [0.25, 0.3) is 0 Å². The van der Waals surface area contributed by atoms with Crippen molar-refractivity contribution in [2.45, 2.75) is 30.4 Å². The maximum absolute atomic E-state index is 13.1. The molecule has 3 aromatic rings. The van der Waals surface area contributed by atoms with Gasteiger partial charge in [-0.3, -0.25) is 9.69 Å². The van der Waals surface area contributed by atoms with Crippen LogP contribution in [-0.4, -0.2) is 70.4 Å². The van der Waals surface area contributed by atoms with Crippen molar-refractivity contribution in [1.29, 1.82) is 0 Å². The number of rotatable bonds is 8. The molecule has 1 atom stereocenters. The zero-order valence-corrected chi connectivity index (χ0v) is 19.1. The number of piperazine rings is 1. The summed E-state index contributed by atoms with van der Waals surface area (Å²) in [5, 5.41) is 0.695. The number of fused-ring (bicyclic) bond motifs is 1. The number of hydrogen-bond donors (Lipinski definition) is 0. The predicted molar refractivity (Wildman–Crippen MR) is 125 cm³/mol. The van der Waals surface area contributed by atoms with Gasteiger partial charge in [-0.05, 0) is 24.6 Å². The fourth-order valence-corrected chi connectivity index (χ4v) is 5.01. The van der Waals surface area contributed by atoms with Crippen molar-refractivity contribution >= 4 is 28.7 Å². The molecule has 0 saturated carbocycles. The highest BCUT2D eigenvalue weighted by Gasteiger charge is 2.27. The maximum Gasteiger partial charge on any atom is 0.235 e. The Hall–Kier alpha value is -2.35. The van der Waals surface area contributed by atoms with Crippen molar-refractivity contribution < 1.29 is 9.53 Å². The molecular weight excluding hydrogens is 408 g/mol. The molecule has 0 aliphatic carbocycles. The predicted octanol–water partition coefficient (Wildman–Crippen LogP) is 3.51. The lowest BCUT2D eigenvalue weighted by Crippen LogP contribution is -2.50. The number of ether oxygens (including phenoxy) is 1. The van der Waals surface area contributed by atoms with Crippen molar-refractivity contribution in [3.8, 4) is 0 Å². The molecule has 6 nitrogen and oxygen atoms in total. The van der Waals surface area contributed by atoms with Crippen LogP contribution in [0.2, 0.25) is 0 Å². The third-order valence-electron chi connectivity index (χ3n) is 5.70. The minimum atomic E-state index is -0.182. The molecule has 164 valence electrons. The first-order valence-electron chi connectivity index (χ1n) is 10.8. The average molecular weight is 439 g/mol. The van der Waals surface area contributed by atoms with Gasteiger partial charge in [-0.2, -0.15) is 0 Å². The first-order chi connectivity index (χ1) is 15.2. The number of benzene rings is 2. The number of amides is 1. The molecule has 1 saturated heterocycles. The molecule has 1 aliphatic heterocycles. The van der Waals surface area contributed by atoms with E-state index < -0.39 is 0 Å². The van der Waals surface area contributed by atoms with E-state index in [4.69, 9.17) is 9.72 Å².